The van der Waals surface area contributed by atoms with Gasteiger partial charge in [0.1, 0.15) is 0 Å². The summed E-state index contributed by atoms with van der Waals surface area (Å²) in [5, 5.41) is 1.31. The molecule has 2 heteroatoms. The quantitative estimate of drug-likeness (QED) is 0.695. The largest absolute Gasteiger partial charge is 0.400 e. The van der Waals surface area contributed by atoms with Gasteiger partial charge in [0.2, 0.25) is 0 Å². The standard InChI is InChI=1S/C12H14N.Y/c1-9(2)12-8-10-6-4-5-7-11(10)13(12)3;/h4,6-9H,1-3H3;/q-1;. The molecule has 0 aliphatic heterocycles. The second kappa shape index (κ2) is 4.59. The van der Waals surface area contributed by atoms with Gasteiger partial charge < -0.3 is 4.57 Å². The maximum atomic E-state index is 3.11. The van der Waals surface area contributed by atoms with E-state index in [1.165, 1.54) is 16.6 Å². The predicted octanol–water partition coefficient (Wildman–Crippen LogP) is 3.10. The van der Waals surface area contributed by atoms with Gasteiger partial charge in [-0.05, 0) is 13.0 Å². The summed E-state index contributed by atoms with van der Waals surface area (Å²) in [6.07, 6.45) is 0. The van der Waals surface area contributed by atoms with Gasteiger partial charge in [0.15, 0.2) is 0 Å². The smallest absolute Gasteiger partial charge is 0.00763 e. The average molecular weight is 261 g/mol. The van der Waals surface area contributed by atoms with Crippen LogP contribution in [0.5, 0.6) is 0 Å². The van der Waals surface area contributed by atoms with E-state index >= 15 is 0 Å². The van der Waals surface area contributed by atoms with Gasteiger partial charge in [-0.3, -0.25) is 0 Å². The van der Waals surface area contributed by atoms with Crippen LogP contribution in [-0.4, -0.2) is 4.57 Å². The molecular weight excluding hydrogens is 247 g/mol. The minimum atomic E-state index is 0. The molecular formula is C12H14NY-. The second-order valence-corrected chi connectivity index (χ2v) is 3.77. The first-order chi connectivity index (χ1) is 6.20. The minimum Gasteiger partial charge on any atom is -0.400 e. The van der Waals surface area contributed by atoms with Crippen molar-refractivity contribution >= 4 is 10.9 Å². The van der Waals surface area contributed by atoms with E-state index in [2.05, 4.69) is 43.7 Å². The number of benzene rings is 1. The van der Waals surface area contributed by atoms with Crippen LogP contribution >= 0.6 is 0 Å². The Morgan fingerprint density at radius 2 is 2.07 bits per heavy atom. The van der Waals surface area contributed by atoms with E-state index in [4.69, 9.17) is 0 Å². The third kappa shape index (κ3) is 1.94. The molecule has 0 saturated carbocycles. The zero-order valence-electron chi connectivity index (χ0n) is 8.91. The van der Waals surface area contributed by atoms with E-state index in [-0.39, 0.29) is 32.7 Å². The van der Waals surface area contributed by atoms with Crippen LogP contribution in [-0.2, 0) is 39.8 Å². The Bertz CT molecular complexity index is 429. The van der Waals surface area contributed by atoms with Crippen LogP contribution in [0.15, 0.2) is 24.3 Å². The van der Waals surface area contributed by atoms with Crippen LogP contribution in [0.25, 0.3) is 10.9 Å². The molecule has 71 valence electrons. The molecule has 2 rings (SSSR count). The van der Waals surface area contributed by atoms with Crippen LogP contribution in [0.2, 0.25) is 0 Å². The fraction of sp³-hybridized carbons (Fsp3) is 0.333. The van der Waals surface area contributed by atoms with Crippen molar-refractivity contribution in [2.75, 3.05) is 0 Å². The molecule has 0 N–H and O–H groups in total. The van der Waals surface area contributed by atoms with Gasteiger partial charge in [0, 0.05) is 38.4 Å². The Morgan fingerprint density at radius 3 is 2.64 bits per heavy atom. The molecule has 1 radical (unpaired) electrons. The summed E-state index contributed by atoms with van der Waals surface area (Å²) in [5.41, 5.74) is 2.65. The number of aryl methyl sites for hydroxylation is 1. The molecule has 1 heterocycles. The van der Waals surface area contributed by atoms with Crippen LogP contribution in [0.4, 0.5) is 0 Å². The molecule has 0 spiro atoms. The Hall–Kier alpha value is -0.136. The fourth-order valence-corrected chi connectivity index (χ4v) is 1.80. The van der Waals surface area contributed by atoms with Gasteiger partial charge >= 0.3 is 0 Å². The molecule has 0 amide bonds. The number of rotatable bonds is 1. The summed E-state index contributed by atoms with van der Waals surface area (Å²) in [7, 11) is 2.12. The van der Waals surface area contributed by atoms with Gasteiger partial charge in [-0.1, -0.05) is 25.4 Å². The van der Waals surface area contributed by atoms with Crippen LogP contribution < -0.4 is 0 Å². The van der Waals surface area contributed by atoms with Gasteiger partial charge in [-0.25, -0.2) is 0 Å². The zero-order chi connectivity index (χ0) is 9.42. The Morgan fingerprint density at radius 1 is 1.36 bits per heavy atom. The van der Waals surface area contributed by atoms with Crippen molar-refractivity contribution in [2.24, 2.45) is 7.05 Å². The minimum absolute atomic E-state index is 0. The normalized spacial score (nSPS) is 10.6. The summed E-state index contributed by atoms with van der Waals surface area (Å²) >= 11 is 0. The van der Waals surface area contributed by atoms with Crippen LogP contribution in [0, 0.1) is 6.07 Å². The van der Waals surface area contributed by atoms with Gasteiger partial charge in [0.05, 0.1) is 0 Å². The molecule has 0 saturated heterocycles. The van der Waals surface area contributed by atoms with Crippen LogP contribution in [0.3, 0.4) is 0 Å². The summed E-state index contributed by atoms with van der Waals surface area (Å²) in [4.78, 5) is 0. The molecule has 2 aromatic rings. The average Bonchev–Trinajstić information content (AvgIpc) is 2.45. The van der Waals surface area contributed by atoms with Crippen molar-refractivity contribution in [3.8, 4) is 0 Å². The maximum absolute atomic E-state index is 3.11. The van der Waals surface area contributed by atoms with Crippen molar-refractivity contribution in [2.45, 2.75) is 19.8 Å². The summed E-state index contributed by atoms with van der Waals surface area (Å²) in [6, 6.07) is 11.5. The third-order valence-electron chi connectivity index (χ3n) is 2.52. The molecule has 1 aromatic carbocycles. The summed E-state index contributed by atoms with van der Waals surface area (Å²) < 4.78 is 2.25. The monoisotopic (exact) mass is 261 g/mol. The van der Waals surface area contributed by atoms with Gasteiger partial charge in [0.25, 0.3) is 0 Å². The summed E-state index contributed by atoms with van der Waals surface area (Å²) in [5.74, 6) is 0.581. The molecule has 0 fully saturated rings. The number of hydrogen-bond acceptors (Lipinski definition) is 0. The molecule has 0 aliphatic rings. The van der Waals surface area contributed by atoms with Crippen molar-refractivity contribution in [1.82, 2.24) is 4.57 Å². The fourth-order valence-electron chi connectivity index (χ4n) is 1.80. The van der Waals surface area contributed by atoms with Gasteiger partial charge in [-0.2, -0.15) is 24.3 Å². The molecule has 1 nitrogen and oxygen atoms in total. The van der Waals surface area contributed by atoms with E-state index in [0.717, 1.165) is 0 Å². The topological polar surface area (TPSA) is 4.93 Å². The zero-order valence-corrected chi connectivity index (χ0v) is 11.7. The third-order valence-corrected chi connectivity index (χ3v) is 2.52. The van der Waals surface area contributed by atoms with E-state index in [0.29, 0.717) is 5.92 Å². The molecule has 1 aromatic heterocycles. The first-order valence-corrected chi connectivity index (χ1v) is 4.65. The SMILES string of the molecule is CC(C)c1cc2cc[c-]cc2n1C.[Y]. The predicted molar refractivity (Wildman–Crippen MR) is 55.8 cm³/mol. The summed E-state index contributed by atoms with van der Waals surface area (Å²) in [6.45, 7) is 4.44. The number of nitrogens with zero attached hydrogens (tertiary/aromatic N) is 1. The first-order valence-electron chi connectivity index (χ1n) is 4.65. The first kappa shape index (κ1) is 11.9. The number of fused-ring (bicyclic) bond motifs is 1. The Balaban J connectivity index is 0.000000980. The molecule has 14 heavy (non-hydrogen) atoms. The van der Waals surface area contributed by atoms with Gasteiger partial charge in [-0.15, -0.1) is 5.39 Å². The van der Waals surface area contributed by atoms with Crippen molar-refractivity contribution < 1.29 is 32.7 Å². The van der Waals surface area contributed by atoms with Crippen molar-refractivity contribution in [3.05, 3.63) is 36.0 Å². The number of aromatic nitrogens is 1. The number of hydrogen-bond donors (Lipinski definition) is 0. The maximum Gasteiger partial charge on any atom is 0.00763 e. The van der Waals surface area contributed by atoms with Crippen LogP contribution in [0.1, 0.15) is 25.5 Å². The second-order valence-electron chi connectivity index (χ2n) is 3.77. The Kier molecular flexibility index (Phi) is 3.91. The van der Waals surface area contributed by atoms with Crippen molar-refractivity contribution in [3.63, 3.8) is 0 Å². The van der Waals surface area contributed by atoms with E-state index in [1.54, 1.807) is 0 Å². The Labute approximate surface area is 110 Å². The van der Waals surface area contributed by atoms with E-state index in [1.807, 2.05) is 12.1 Å². The molecule has 0 unspecified atom stereocenters. The molecule has 0 aliphatic carbocycles. The van der Waals surface area contributed by atoms with Crippen molar-refractivity contribution in [1.29, 1.82) is 0 Å². The van der Waals surface area contributed by atoms with E-state index < -0.39 is 0 Å². The van der Waals surface area contributed by atoms with E-state index in [9.17, 15) is 0 Å². The molecule has 0 atom stereocenters. The molecule has 0 bridgehead atoms.